The van der Waals surface area contributed by atoms with Gasteiger partial charge >= 0.3 is 11.8 Å². The molecule has 1 rings (SSSR count). The van der Waals surface area contributed by atoms with E-state index >= 15 is 0 Å². The summed E-state index contributed by atoms with van der Waals surface area (Å²) in [5.74, 6) is -2.20. The Bertz CT molecular complexity index is 551. The summed E-state index contributed by atoms with van der Waals surface area (Å²) >= 11 is 7.56. The topological polar surface area (TPSA) is 84.2 Å². The first-order valence-electron chi connectivity index (χ1n) is 5.14. The van der Waals surface area contributed by atoms with E-state index in [4.69, 9.17) is 5.73 Å². The van der Waals surface area contributed by atoms with Gasteiger partial charge < -0.3 is 16.4 Å². The van der Waals surface area contributed by atoms with Crippen LogP contribution in [0.4, 0.5) is 10.1 Å². The molecule has 2 amide bonds. The monoisotopic (exact) mass is 347 g/mol. The third kappa shape index (κ3) is 4.56. The van der Waals surface area contributed by atoms with Gasteiger partial charge in [-0.05, 0) is 40.5 Å². The molecular formula is C11H11BrFN3O2S. The number of hydrogen-bond acceptors (Lipinski definition) is 3. The molecular weight excluding hydrogens is 337 g/mol. The second kappa shape index (κ2) is 6.58. The van der Waals surface area contributed by atoms with E-state index in [1.54, 1.807) is 6.92 Å². The third-order valence-electron chi connectivity index (χ3n) is 2.14. The van der Waals surface area contributed by atoms with E-state index in [2.05, 4.69) is 38.8 Å². The van der Waals surface area contributed by atoms with Crippen LogP contribution in [0.3, 0.4) is 0 Å². The average Bonchev–Trinajstić information content (AvgIpc) is 2.32. The number of amides is 2. The lowest BCUT2D eigenvalue weighted by Crippen LogP contribution is -2.39. The molecule has 19 heavy (non-hydrogen) atoms. The maximum atomic E-state index is 13.2. The lowest BCUT2D eigenvalue weighted by Gasteiger charge is -2.09. The number of halogens is 2. The van der Waals surface area contributed by atoms with Crippen molar-refractivity contribution >= 4 is 50.6 Å². The number of nitrogens with two attached hydrogens (primary N) is 1. The predicted molar refractivity (Wildman–Crippen MR) is 77.3 cm³/mol. The van der Waals surface area contributed by atoms with Crippen molar-refractivity contribution in [3.63, 3.8) is 0 Å². The molecule has 0 heterocycles. The molecule has 1 aromatic rings. The number of thiocarbonyl (C=S) groups is 1. The van der Waals surface area contributed by atoms with Gasteiger partial charge in [0.25, 0.3) is 0 Å². The molecule has 0 fully saturated rings. The standard InChI is InChI=1S/C11H11BrFN3O2S/c1-5-2-7(13)6(12)3-8(5)16-11(18)10(17)15-4-9(14)19/h2-3H,4H2,1H3,(H2,14,19)(H,15,17)(H,16,18). The van der Waals surface area contributed by atoms with Crippen LogP contribution in [0.25, 0.3) is 0 Å². The van der Waals surface area contributed by atoms with Crippen molar-refractivity contribution in [2.24, 2.45) is 5.73 Å². The van der Waals surface area contributed by atoms with E-state index in [-0.39, 0.29) is 16.0 Å². The Hall–Kier alpha value is -1.54. The molecule has 0 unspecified atom stereocenters. The van der Waals surface area contributed by atoms with Crippen LogP contribution in [-0.2, 0) is 9.59 Å². The molecule has 8 heteroatoms. The summed E-state index contributed by atoms with van der Waals surface area (Å²) in [7, 11) is 0. The minimum absolute atomic E-state index is 0.0618. The van der Waals surface area contributed by atoms with Gasteiger partial charge in [-0.2, -0.15) is 0 Å². The molecule has 0 spiro atoms. The van der Waals surface area contributed by atoms with Crippen molar-refractivity contribution in [1.82, 2.24) is 5.32 Å². The SMILES string of the molecule is Cc1cc(F)c(Br)cc1NC(=O)C(=O)NCC(N)=S. The van der Waals surface area contributed by atoms with Gasteiger partial charge in [-0.3, -0.25) is 9.59 Å². The van der Waals surface area contributed by atoms with Gasteiger partial charge in [-0.15, -0.1) is 0 Å². The van der Waals surface area contributed by atoms with Gasteiger partial charge in [0.05, 0.1) is 16.0 Å². The van der Waals surface area contributed by atoms with E-state index in [0.717, 1.165) is 0 Å². The molecule has 1 aromatic carbocycles. The van der Waals surface area contributed by atoms with Crippen molar-refractivity contribution in [2.75, 3.05) is 11.9 Å². The van der Waals surface area contributed by atoms with Gasteiger partial charge in [0.2, 0.25) is 0 Å². The second-order valence-corrected chi connectivity index (χ2v) is 5.06. The third-order valence-corrected chi connectivity index (χ3v) is 2.90. The summed E-state index contributed by atoms with van der Waals surface area (Å²) < 4.78 is 13.4. The maximum absolute atomic E-state index is 13.2. The van der Waals surface area contributed by atoms with Crippen molar-refractivity contribution in [3.05, 3.63) is 28.0 Å². The molecule has 0 aliphatic rings. The van der Waals surface area contributed by atoms with Gasteiger partial charge in [0.1, 0.15) is 5.82 Å². The van der Waals surface area contributed by atoms with Gasteiger partial charge in [-0.25, -0.2) is 4.39 Å². The lowest BCUT2D eigenvalue weighted by atomic mass is 10.2. The van der Waals surface area contributed by atoms with Crippen LogP contribution in [-0.4, -0.2) is 23.3 Å². The Kier molecular flexibility index (Phi) is 5.37. The Balaban J connectivity index is 2.74. The Labute approximate surface area is 122 Å². The molecule has 102 valence electrons. The summed E-state index contributed by atoms with van der Waals surface area (Å²) in [5.41, 5.74) is 6.02. The summed E-state index contributed by atoms with van der Waals surface area (Å²) in [6.07, 6.45) is 0. The first-order valence-corrected chi connectivity index (χ1v) is 6.34. The van der Waals surface area contributed by atoms with E-state index < -0.39 is 17.6 Å². The summed E-state index contributed by atoms with van der Waals surface area (Å²) in [6, 6.07) is 2.62. The fourth-order valence-electron chi connectivity index (χ4n) is 1.21. The molecule has 0 radical (unpaired) electrons. The fourth-order valence-corrected chi connectivity index (χ4v) is 1.62. The average molecular weight is 348 g/mol. The molecule has 0 saturated heterocycles. The summed E-state index contributed by atoms with van der Waals surface area (Å²) in [5, 5.41) is 4.61. The normalized spacial score (nSPS) is 9.84. The van der Waals surface area contributed by atoms with Crippen LogP contribution in [0.1, 0.15) is 5.56 Å². The van der Waals surface area contributed by atoms with Crippen LogP contribution in [0.5, 0.6) is 0 Å². The zero-order valence-electron chi connectivity index (χ0n) is 9.92. The number of nitrogens with one attached hydrogen (secondary N) is 2. The summed E-state index contributed by atoms with van der Waals surface area (Å²) in [4.78, 5) is 23.0. The van der Waals surface area contributed by atoms with Crippen molar-refractivity contribution in [3.8, 4) is 0 Å². The van der Waals surface area contributed by atoms with Gasteiger partial charge in [0.15, 0.2) is 0 Å². The van der Waals surface area contributed by atoms with Gasteiger partial charge in [-0.1, -0.05) is 12.2 Å². The number of anilines is 1. The predicted octanol–water partition coefficient (Wildman–Crippen LogP) is 1.24. The highest BCUT2D eigenvalue weighted by atomic mass is 79.9. The molecule has 0 aromatic heterocycles. The van der Waals surface area contributed by atoms with E-state index in [1.807, 2.05) is 0 Å². The van der Waals surface area contributed by atoms with Crippen LogP contribution >= 0.6 is 28.1 Å². The van der Waals surface area contributed by atoms with Crippen LogP contribution in [0.2, 0.25) is 0 Å². The molecule has 0 aliphatic heterocycles. The minimum atomic E-state index is -0.877. The quantitative estimate of drug-likeness (QED) is 0.567. The number of carbonyl (C=O) groups excluding carboxylic acids is 2. The number of rotatable bonds is 3. The van der Waals surface area contributed by atoms with E-state index in [9.17, 15) is 14.0 Å². The zero-order valence-corrected chi connectivity index (χ0v) is 12.3. The number of benzene rings is 1. The fraction of sp³-hybridized carbons (Fsp3) is 0.182. The highest BCUT2D eigenvalue weighted by Crippen LogP contribution is 2.24. The Morgan fingerprint density at radius 3 is 2.63 bits per heavy atom. The number of aryl methyl sites for hydroxylation is 1. The molecule has 0 atom stereocenters. The lowest BCUT2D eigenvalue weighted by molar-refractivity contribution is -0.135. The van der Waals surface area contributed by atoms with Crippen LogP contribution in [0, 0.1) is 12.7 Å². The van der Waals surface area contributed by atoms with E-state index in [1.165, 1.54) is 12.1 Å². The number of hydrogen-bond donors (Lipinski definition) is 3. The van der Waals surface area contributed by atoms with E-state index in [0.29, 0.717) is 11.3 Å². The van der Waals surface area contributed by atoms with Crippen molar-refractivity contribution in [1.29, 1.82) is 0 Å². The molecule has 0 saturated carbocycles. The van der Waals surface area contributed by atoms with Crippen molar-refractivity contribution in [2.45, 2.75) is 6.92 Å². The first-order chi connectivity index (χ1) is 8.81. The molecule has 5 nitrogen and oxygen atoms in total. The largest absolute Gasteiger partial charge is 0.392 e. The number of carbonyl (C=O) groups is 2. The van der Waals surface area contributed by atoms with Gasteiger partial charge in [0, 0.05) is 5.69 Å². The smallest absolute Gasteiger partial charge is 0.313 e. The second-order valence-electron chi connectivity index (χ2n) is 3.68. The maximum Gasteiger partial charge on any atom is 0.313 e. The molecule has 0 bridgehead atoms. The zero-order chi connectivity index (χ0) is 14.6. The Morgan fingerprint density at radius 1 is 1.42 bits per heavy atom. The first kappa shape index (κ1) is 15.5. The highest BCUT2D eigenvalue weighted by Gasteiger charge is 2.15. The molecule has 4 N–H and O–H groups in total. The van der Waals surface area contributed by atoms with Crippen LogP contribution in [0.15, 0.2) is 16.6 Å². The Morgan fingerprint density at radius 2 is 2.05 bits per heavy atom. The minimum Gasteiger partial charge on any atom is -0.392 e. The molecule has 0 aliphatic carbocycles. The summed E-state index contributed by atoms with van der Waals surface area (Å²) in [6.45, 7) is 1.55. The highest BCUT2D eigenvalue weighted by molar-refractivity contribution is 9.10. The van der Waals surface area contributed by atoms with Crippen LogP contribution < -0.4 is 16.4 Å². The van der Waals surface area contributed by atoms with Crippen molar-refractivity contribution < 1.29 is 14.0 Å².